The molecule has 118 valence electrons. The quantitative estimate of drug-likeness (QED) is 0.720. The molecule has 1 unspecified atom stereocenters. The van der Waals surface area contributed by atoms with Crippen molar-refractivity contribution >= 4 is 45.0 Å². The Bertz CT molecular complexity index is 592. The smallest absolute Gasteiger partial charge is 0.245 e. The number of thioether (sulfide) groups is 1. The van der Waals surface area contributed by atoms with Crippen molar-refractivity contribution in [3.63, 3.8) is 0 Å². The Morgan fingerprint density at radius 3 is 2.86 bits per heavy atom. The predicted octanol–water partition coefficient (Wildman–Crippen LogP) is 2.53. The summed E-state index contributed by atoms with van der Waals surface area (Å²) in [5, 5.41) is 0.223. The lowest BCUT2D eigenvalue weighted by Crippen LogP contribution is -2.42. The van der Waals surface area contributed by atoms with Gasteiger partial charge in [-0.25, -0.2) is 13.4 Å². The minimum Gasteiger partial charge on any atom is -0.383 e. The number of aromatic nitrogens is 1. The molecule has 1 aliphatic heterocycles. The number of hydrogen-bond acceptors (Lipinski definition) is 5. The fourth-order valence-corrected chi connectivity index (χ4v) is 5.37. The van der Waals surface area contributed by atoms with Crippen LogP contribution in [0.4, 0.5) is 0 Å². The zero-order valence-electron chi connectivity index (χ0n) is 11.5. The molecule has 1 aromatic rings. The molecule has 0 saturated carbocycles. The Labute approximate surface area is 139 Å². The van der Waals surface area contributed by atoms with Crippen LogP contribution in [-0.4, -0.2) is 55.5 Å². The SMILES string of the molecule is COCCN(C1CCSC1)S(=O)(=O)c1cnc(Cl)c(Cl)c1. The molecule has 2 heterocycles. The van der Waals surface area contributed by atoms with Gasteiger partial charge in [0.05, 0.1) is 11.6 Å². The van der Waals surface area contributed by atoms with Crippen LogP contribution in [0.2, 0.25) is 10.2 Å². The van der Waals surface area contributed by atoms with Crippen molar-refractivity contribution in [3.8, 4) is 0 Å². The van der Waals surface area contributed by atoms with Crippen molar-refractivity contribution in [1.29, 1.82) is 0 Å². The lowest BCUT2D eigenvalue weighted by Gasteiger charge is -2.27. The predicted molar refractivity (Wildman–Crippen MR) is 85.8 cm³/mol. The lowest BCUT2D eigenvalue weighted by molar-refractivity contribution is 0.169. The molecule has 21 heavy (non-hydrogen) atoms. The Morgan fingerprint density at radius 2 is 2.29 bits per heavy atom. The molecule has 1 fully saturated rings. The van der Waals surface area contributed by atoms with Gasteiger partial charge in [-0.3, -0.25) is 0 Å². The molecular weight excluding hydrogens is 355 g/mol. The minimum absolute atomic E-state index is 0.0235. The van der Waals surface area contributed by atoms with Crippen molar-refractivity contribution in [3.05, 3.63) is 22.4 Å². The fraction of sp³-hybridized carbons (Fsp3) is 0.583. The molecule has 1 aliphatic rings. The molecule has 0 N–H and O–H groups in total. The normalized spacial score (nSPS) is 19.3. The maximum atomic E-state index is 12.8. The number of nitrogens with zero attached hydrogens (tertiary/aromatic N) is 2. The van der Waals surface area contributed by atoms with Gasteiger partial charge in [-0.1, -0.05) is 23.2 Å². The molecule has 0 aromatic carbocycles. The zero-order chi connectivity index (χ0) is 15.5. The summed E-state index contributed by atoms with van der Waals surface area (Å²) in [7, 11) is -2.11. The molecule has 0 amide bonds. The van der Waals surface area contributed by atoms with Crippen LogP contribution in [0, 0.1) is 0 Å². The highest BCUT2D eigenvalue weighted by molar-refractivity contribution is 7.99. The van der Waals surface area contributed by atoms with Crippen LogP contribution in [0.5, 0.6) is 0 Å². The van der Waals surface area contributed by atoms with Gasteiger partial charge in [0, 0.05) is 31.6 Å². The van der Waals surface area contributed by atoms with E-state index >= 15 is 0 Å². The van der Waals surface area contributed by atoms with E-state index in [0.29, 0.717) is 13.2 Å². The number of ether oxygens (including phenoxy) is 1. The van der Waals surface area contributed by atoms with Gasteiger partial charge in [-0.05, 0) is 18.2 Å². The van der Waals surface area contributed by atoms with Crippen molar-refractivity contribution in [2.75, 3.05) is 31.8 Å². The third-order valence-electron chi connectivity index (χ3n) is 3.21. The Morgan fingerprint density at radius 1 is 1.52 bits per heavy atom. The van der Waals surface area contributed by atoms with Gasteiger partial charge in [0.15, 0.2) is 0 Å². The average Bonchev–Trinajstić information content (AvgIpc) is 2.96. The van der Waals surface area contributed by atoms with Crippen LogP contribution in [-0.2, 0) is 14.8 Å². The molecule has 1 aromatic heterocycles. The van der Waals surface area contributed by atoms with E-state index in [0.717, 1.165) is 17.9 Å². The molecule has 0 spiro atoms. The maximum absolute atomic E-state index is 12.8. The summed E-state index contributed by atoms with van der Waals surface area (Å²) in [5.41, 5.74) is 0. The first kappa shape index (κ1) is 17.3. The second-order valence-corrected chi connectivity index (χ2v) is 8.38. The average molecular weight is 371 g/mol. The van der Waals surface area contributed by atoms with Crippen LogP contribution in [0.15, 0.2) is 17.2 Å². The summed E-state index contributed by atoms with van der Waals surface area (Å²) in [6.07, 6.45) is 2.08. The topological polar surface area (TPSA) is 59.5 Å². The summed E-state index contributed by atoms with van der Waals surface area (Å²) in [6.45, 7) is 0.652. The van der Waals surface area contributed by atoms with E-state index in [1.54, 1.807) is 18.9 Å². The first-order chi connectivity index (χ1) is 9.96. The van der Waals surface area contributed by atoms with E-state index in [2.05, 4.69) is 4.98 Å². The molecule has 5 nitrogen and oxygen atoms in total. The summed E-state index contributed by atoms with van der Waals surface area (Å²) in [6, 6.07) is 1.32. The lowest BCUT2D eigenvalue weighted by atomic mass is 10.3. The molecule has 1 saturated heterocycles. The van der Waals surface area contributed by atoms with Gasteiger partial charge in [-0.2, -0.15) is 16.1 Å². The van der Waals surface area contributed by atoms with E-state index in [-0.39, 0.29) is 21.1 Å². The standard InChI is InChI=1S/C12H16Cl2N2O3S2/c1-19-4-3-16(9-2-5-20-8-9)21(17,18)10-6-11(13)12(14)15-7-10/h6-7,9H,2-5,8H2,1H3. The van der Waals surface area contributed by atoms with Gasteiger partial charge in [-0.15, -0.1) is 0 Å². The van der Waals surface area contributed by atoms with Crippen molar-refractivity contribution in [2.24, 2.45) is 0 Å². The third-order valence-corrected chi connectivity index (χ3v) is 6.95. The summed E-state index contributed by atoms with van der Waals surface area (Å²) >= 11 is 13.4. The van der Waals surface area contributed by atoms with Crippen molar-refractivity contribution < 1.29 is 13.2 Å². The number of rotatable bonds is 6. The van der Waals surface area contributed by atoms with E-state index in [4.69, 9.17) is 27.9 Å². The first-order valence-corrected chi connectivity index (χ1v) is 9.71. The molecule has 2 rings (SSSR count). The van der Waals surface area contributed by atoms with Crippen LogP contribution in [0.3, 0.4) is 0 Å². The number of methoxy groups -OCH3 is 1. The fourth-order valence-electron chi connectivity index (χ4n) is 2.11. The number of pyridine rings is 1. The van der Waals surface area contributed by atoms with Crippen LogP contribution in [0.1, 0.15) is 6.42 Å². The highest BCUT2D eigenvalue weighted by Gasteiger charge is 2.33. The Balaban J connectivity index is 2.33. The Kier molecular flexibility index (Phi) is 6.16. The van der Waals surface area contributed by atoms with Crippen molar-refractivity contribution in [2.45, 2.75) is 17.4 Å². The molecule has 9 heteroatoms. The second kappa shape index (κ2) is 7.48. The maximum Gasteiger partial charge on any atom is 0.245 e. The monoisotopic (exact) mass is 370 g/mol. The Hall–Kier alpha value is -0.0500. The highest BCUT2D eigenvalue weighted by atomic mass is 35.5. The summed E-state index contributed by atoms with van der Waals surface area (Å²) < 4.78 is 32.1. The molecule has 0 aliphatic carbocycles. The van der Waals surface area contributed by atoms with Gasteiger partial charge in [0.2, 0.25) is 10.0 Å². The van der Waals surface area contributed by atoms with Gasteiger partial charge in [0.1, 0.15) is 10.0 Å². The third kappa shape index (κ3) is 4.03. The molecule has 0 bridgehead atoms. The van der Waals surface area contributed by atoms with E-state index < -0.39 is 10.0 Å². The van der Waals surface area contributed by atoms with E-state index in [9.17, 15) is 8.42 Å². The van der Waals surface area contributed by atoms with Crippen LogP contribution < -0.4 is 0 Å². The van der Waals surface area contributed by atoms with Gasteiger partial charge in [0.25, 0.3) is 0 Å². The minimum atomic E-state index is -3.66. The zero-order valence-corrected chi connectivity index (χ0v) is 14.6. The molecule has 0 radical (unpaired) electrons. The van der Waals surface area contributed by atoms with E-state index in [1.165, 1.54) is 16.6 Å². The summed E-state index contributed by atoms with van der Waals surface area (Å²) in [5.74, 6) is 1.75. The van der Waals surface area contributed by atoms with E-state index in [1.807, 2.05) is 0 Å². The van der Waals surface area contributed by atoms with Gasteiger partial charge >= 0.3 is 0 Å². The van der Waals surface area contributed by atoms with Gasteiger partial charge < -0.3 is 4.74 Å². The van der Waals surface area contributed by atoms with Crippen LogP contribution in [0.25, 0.3) is 0 Å². The van der Waals surface area contributed by atoms with Crippen molar-refractivity contribution in [1.82, 2.24) is 9.29 Å². The highest BCUT2D eigenvalue weighted by Crippen LogP contribution is 2.29. The molecule has 1 atom stereocenters. The number of sulfonamides is 1. The van der Waals surface area contributed by atoms with Crippen LogP contribution >= 0.6 is 35.0 Å². The number of halogens is 2. The largest absolute Gasteiger partial charge is 0.383 e. The first-order valence-electron chi connectivity index (χ1n) is 6.36. The molecular formula is C12H16Cl2N2O3S2. The number of hydrogen-bond donors (Lipinski definition) is 0. The second-order valence-electron chi connectivity index (χ2n) is 4.57. The summed E-state index contributed by atoms with van der Waals surface area (Å²) in [4.78, 5) is 3.89.